The molecule has 0 radical (unpaired) electrons. The van der Waals surface area contributed by atoms with Gasteiger partial charge in [-0.3, -0.25) is 0 Å². The van der Waals surface area contributed by atoms with Crippen molar-refractivity contribution in [3.8, 4) is 11.5 Å². The predicted octanol–water partition coefficient (Wildman–Crippen LogP) is 4.44. The summed E-state index contributed by atoms with van der Waals surface area (Å²) in [4.78, 5) is 16.7. The number of fused-ring (bicyclic) bond motifs is 2. The molecule has 0 saturated heterocycles. The number of para-hydroxylation sites is 1. The molecule has 3 aromatic rings. The van der Waals surface area contributed by atoms with Crippen LogP contribution in [0.4, 0.5) is 0 Å². The van der Waals surface area contributed by atoms with Gasteiger partial charge in [0.25, 0.3) is 0 Å². The van der Waals surface area contributed by atoms with Gasteiger partial charge in [0.15, 0.2) is 11.5 Å². The van der Waals surface area contributed by atoms with Gasteiger partial charge in [-0.25, -0.2) is 9.78 Å². The first kappa shape index (κ1) is 17.1. The van der Waals surface area contributed by atoms with Crippen molar-refractivity contribution in [3.05, 3.63) is 64.8 Å². The third-order valence-corrected chi connectivity index (χ3v) is 4.90. The van der Waals surface area contributed by atoms with Gasteiger partial charge < -0.3 is 14.6 Å². The Balaban J connectivity index is 1.86. The van der Waals surface area contributed by atoms with Crippen LogP contribution in [-0.4, -0.2) is 30.3 Å². The summed E-state index contributed by atoms with van der Waals surface area (Å²) in [5.74, 6) is 0.420. The Labute approximate surface area is 156 Å². The lowest BCUT2D eigenvalue weighted by molar-refractivity contribution is 0.0698. The van der Waals surface area contributed by atoms with Gasteiger partial charge in [0.05, 0.1) is 31.0 Å². The molecular formula is C22H19NO4. The highest BCUT2D eigenvalue weighted by Gasteiger charge is 2.26. The Bertz CT molecular complexity index is 1090. The number of hydrogen-bond acceptors (Lipinski definition) is 4. The highest BCUT2D eigenvalue weighted by atomic mass is 16.5. The first-order valence-corrected chi connectivity index (χ1v) is 8.70. The fourth-order valence-corrected chi connectivity index (χ4v) is 3.67. The van der Waals surface area contributed by atoms with Crippen molar-refractivity contribution in [2.24, 2.45) is 0 Å². The van der Waals surface area contributed by atoms with Gasteiger partial charge in [-0.05, 0) is 53.8 Å². The van der Waals surface area contributed by atoms with Gasteiger partial charge in [0.2, 0.25) is 0 Å². The minimum Gasteiger partial charge on any atom is -0.493 e. The molecule has 0 saturated carbocycles. The zero-order chi connectivity index (χ0) is 19.0. The second kappa shape index (κ2) is 6.76. The lowest BCUT2D eigenvalue weighted by atomic mass is 10.0. The number of aromatic nitrogens is 1. The Kier molecular flexibility index (Phi) is 4.28. The summed E-state index contributed by atoms with van der Waals surface area (Å²) >= 11 is 0. The van der Waals surface area contributed by atoms with Gasteiger partial charge in [-0.1, -0.05) is 24.3 Å². The van der Waals surface area contributed by atoms with Crippen molar-refractivity contribution in [1.82, 2.24) is 4.98 Å². The molecule has 1 heterocycles. The van der Waals surface area contributed by atoms with E-state index >= 15 is 0 Å². The van der Waals surface area contributed by atoms with Crippen LogP contribution in [0, 0.1) is 0 Å². The molecule has 1 aliphatic rings. The Morgan fingerprint density at radius 1 is 1.07 bits per heavy atom. The number of carbonyl (C=O) groups is 1. The van der Waals surface area contributed by atoms with Crippen molar-refractivity contribution < 1.29 is 19.4 Å². The van der Waals surface area contributed by atoms with Crippen LogP contribution in [0.25, 0.3) is 22.6 Å². The Hall–Kier alpha value is -3.34. The van der Waals surface area contributed by atoms with Gasteiger partial charge in [-0.2, -0.15) is 0 Å². The fourth-order valence-electron chi connectivity index (χ4n) is 3.67. The van der Waals surface area contributed by atoms with Crippen molar-refractivity contribution in [2.45, 2.75) is 12.8 Å². The van der Waals surface area contributed by atoms with E-state index in [1.54, 1.807) is 14.2 Å². The number of aromatic carboxylic acids is 1. The number of allylic oxidation sites excluding steroid dienone is 1. The number of pyridine rings is 1. The van der Waals surface area contributed by atoms with E-state index < -0.39 is 5.97 Å². The van der Waals surface area contributed by atoms with E-state index in [2.05, 4.69) is 0 Å². The van der Waals surface area contributed by atoms with E-state index in [4.69, 9.17) is 14.5 Å². The van der Waals surface area contributed by atoms with Gasteiger partial charge in [0.1, 0.15) is 0 Å². The van der Waals surface area contributed by atoms with Crippen molar-refractivity contribution >= 4 is 28.5 Å². The minimum atomic E-state index is -0.905. The molecule has 5 heteroatoms. The monoisotopic (exact) mass is 361 g/mol. The fraction of sp³-hybridized carbons (Fsp3) is 0.182. The summed E-state index contributed by atoms with van der Waals surface area (Å²) in [6.45, 7) is 0. The van der Waals surface area contributed by atoms with Gasteiger partial charge in [0, 0.05) is 5.39 Å². The van der Waals surface area contributed by atoms with E-state index in [-0.39, 0.29) is 0 Å². The second-order valence-corrected chi connectivity index (χ2v) is 6.42. The molecular weight excluding hydrogens is 342 g/mol. The maximum absolute atomic E-state index is 11.9. The van der Waals surface area contributed by atoms with E-state index in [0.717, 1.165) is 28.8 Å². The topological polar surface area (TPSA) is 68.7 Å². The molecule has 27 heavy (non-hydrogen) atoms. The second-order valence-electron chi connectivity index (χ2n) is 6.42. The van der Waals surface area contributed by atoms with Crippen LogP contribution in [0.1, 0.15) is 33.6 Å². The molecule has 0 bridgehead atoms. The highest BCUT2D eigenvalue weighted by Crippen LogP contribution is 2.38. The molecule has 0 fully saturated rings. The van der Waals surface area contributed by atoms with Gasteiger partial charge >= 0.3 is 5.97 Å². The normalized spacial score (nSPS) is 14.4. The summed E-state index contributed by atoms with van der Waals surface area (Å²) in [6, 6.07) is 13.1. The molecule has 1 aliphatic carbocycles. The van der Waals surface area contributed by atoms with Crippen LogP contribution in [0.5, 0.6) is 11.5 Å². The summed E-state index contributed by atoms with van der Waals surface area (Å²) < 4.78 is 10.7. The van der Waals surface area contributed by atoms with Crippen LogP contribution >= 0.6 is 0 Å². The van der Waals surface area contributed by atoms with E-state index in [1.165, 1.54) is 0 Å². The number of carboxylic acids is 1. The molecule has 0 aliphatic heterocycles. The van der Waals surface area contributed by atoms with Crippen LogP contribution in [-0.2, 0) is 6.42 Å². The first-order chi connectivity index (χ1) is 13.1. The largest absolute Gasteiger partial charge is 0.493 e. The smallest absolute Gasteiger partial charge is 0.336 e. The number of benzene rings is 2. The number of rotatable bonds is 4. The summed E-state index contributed by atoms with van der Waals surface area (Å²) in [7, 11) is 3.21. The molecule has 136 valence electrons. The average Bonchev–Trinajstić information content (AvgIpc) is 3.07. The number of ether oxygens (including phenoxy) is 2. The summed E-state index contributed by atoms with van der Waals surface area (Å²) in [5, 5.41) is 10.5. The number of methoxy groups -OCH3 is 2. The predicted molar refractivity (Wildman–Crippen MR) is 104 cm³/mol. The molecule has 0 atom stereocenters. The molecule has 1 N–H and O–H groups in total. The zero-order valence-electron chi connectivity index (χ0n) is 15.2. The summed E-state index contributed by atoms with van der Waals surface area (Å²) in [5.41, 5.74) is 4.65. The number of nitrogens with zero attached hydrogens (tertiary/aromatic N) is 1. The van der Waals surface area contributed by atoms with Crippen LogP contribution in [0.2, 0.25) is 0 Å². The Morgan fingerprint density at radius 3 is 2.59 bits per heavy atom. The average molecular weight is 361 g/mol. The third-order valence-electron chi connectivity index (χ3n) is 4.90. The molecule has 5 nitrogen and oxygen atoms in total. The maximum atomic E-state index is 11.9. The lowest BCUT2D eigenvalue weighted by Gasteiger charge is -2.10. The molecule has 1 aromatic heterocycles. The standard InChI is InChI=1S/C22H19NO4/c1-26-18-10-7-13(12-19(18)27-2)11-14-8-9-16-20(22(24)25)15-5-3-4-6-17(15)23-21(14)16/h3-7,10-12H,8-9H2,1-2H3,(H,24,25). The van der Waals surface area contributed by atoms with Crippen molar-refractivity contribution in [2.75, 3.05) is 14.2 Å². The molecule has 0 amide bonds. The van der Waals surface area contributed by atoms with Crippen molar-refractivity contribution in [1.29, 1.82) is 0 Å². The van der Waals surface area contributed by atoms with Gasteiger partial charge in [-0.15, -0.1) is 0 Å². The summed E-state index contributed by atoms with van der Waals surface area (Å²) in [6.07, 6.45) is 3.47. The van der Waals surface area contributed by atoms with E-state index in [9.17, 15) is 9.90 Å². The SMILES string of the molecule is COc1ccc(C=C2CCc3c2nc2ccccc2c3C(=O)O)cc1OC. The molecule has 2 aromatic carbocycles. The molecule has 0 unspecified atom stereocenters. The lowest BCUT2D eigenvalue weighted by Crippen LogP contribution is -2.05. The first-order valence-electron chi connectivity index (χ1n) is 8.70. The zero-order valence-corrected chi connectivity index (χ0v) is 15.2. The highest BCUT2D eigenvalue weighted by molar-refractivity contribution is 6.06. The number of hydrogen-bond donors (Lipinski definition) is 1. The Morgan fingerprint density at radius 2 is 1.85 bits per heavy atom. The van der Waals surface area contributed by atoms with Crippen LogP contribution in [0.3, 0.4) is 0 Å². The minimum absolute atomic E-state index is 0.367. The van der Waals surface area contributed by atoms with E-state index in [1.807, 2.05) is 48.5 Å². The van der Waals surface area contributed by atoms with Crippen LogP contribution < -0.4 is 9.47 Å². The van der Waals surface area contributed by atoms with Crippen LogP contribution in [0.15, 0.2) is 42.5 Å². The van der Waals surface area contributed by atoms with Crippen molar-refractivity contribution in [3.63, 3.8) is 0 Å². The quantitative estimate of drug-likeness (QED) is 0.744. The molecule has 4 rings (SSSR count). The van der Waals surface area contributed by atoms with E-state index in [0.29, 0.717) is 34.4 Å². The third kappa shape index (κ3) is 2.91. The maximum Gasteiger partial charge on any atom is 0.336 e. The molecule has 0 spiro atoms. The number of carboxylic acid groups (broad SMARTS) is 1.